The van der Waals surface area contributed by atoms with Crippen molar-refractivity contribution in [1.82, 2.24) is 20.0 Å². The first-order valence-electron chi connectivity index (χ1n) is 8.10. The number of benzene rings is 1. The SMILES string of the molecule is Cc1nnc([C@H](C)N2CCN(C(=O)Cc3ccccc3Cl)CC2)o1. The minimum absolute atomic E-state index is 0.0621. The third kappa shape index (κ3) is 3.76. The Morgan fingerprint density at radius 2 is 1.96 bits per heavy atom. The fourth-order valence-electron chi connectivity index (χ4n) is 2.91. The molecule has 0 N–H and O–H groups in total. The molecule has 1 aromatic carbocycles. The molecular weight excluding hydrogens is 328 g/mol. The first kappa shape index (κ1) is 16.9. The van der Waals surface area contributed by atoms with Crippen molar-refractivity contribution in [3.8, 4) is 0 Å². The van der Waals surface area contributed by atoms with Crippen LogP contribution in [0.5, 0.6) is 0 Å². The maximum atomic E-state index is 12.5. The smallest absolute Gasteiger partial charge is 0.233 e. The van der Waals surface area contributed by atoms with Crippen LogP contribution in [0, 0.1) is 6.92 Å². The van der Waals surface area contributed by atoms with Gasteiger partial charge in [-0.15, -0.1) is 10.2 Å². The molecule has 24 heavy (non-hydrogen) atoms. The maximum absolute atomic E-state index is 12.5. The van der Waals surface area contributed by atoms with Crippen LogP contribution in [0.1, 0.15) is 30.3 Å². The lowest BCUT2D eigenvalue weighted by molar-refractivity contribution is -0.132. The highest BCUT2D eigenvalue weighted by molar-refractivity contribution is 6.31. The van der Waals surface area contributed by atoms with Gasteiger partial charge in [0.25, 0.3) is 0 Å². The lowest BCUT2D eigenvalue weighted by atomic mass is 10.1. The first-order chi connectivity index (χ1) is 11.5. The second-order valence-corrected chi connectivity index (χ2v) is 6.43. The van der Waals surface area contributed by atoms with Crippen LogP contribution in [0.4, 0.5) is 0 Å². The number of nitrogens with zero attached hydrogens (tertiary/aromatic N) is 4. The van der Waals surface area contributed by atoms with Crippen molar-refractivity contribution in [2.24, 2.45) is 0 Å². The molecule has 0 spiro atoms. The van der Waals surface area contributed by atoms with Crippen LogP contribution >= 0.6 is 11.6 Å². The van der Waals surface area contributed by atoms with Crippen molar-refractivity contribution in [3.63, 3.8) is 0 Å². The molecule has 3 rings (SSSR count). The summed E-state index contributed by atoms with van der Waals surface area (Å²) in [5.41, 5.74) is 0.876. The summed E-state index contributed by atoms with van der Waals surface area (Å²) in [7, 11) is 0. The summed E-state index contributed by atoms with van der Waals surface area (Å²) in [6.07, 6.45) is 0.345. The molecule has 0 bridgehead atoms. The molecule has 1 aliphatic rings. The second-order valence-electron chi connectivity index (χ2n) is 6.02. The molecule has 1 aliphatic heterocycles. The zero-order valence-electron chi connectivity index (χ0n) is 13.9. The fourth-order valence-corrected chi connectivity index (χ4v) is 3.11. The zero-order valence-corrected chi connectivity index (χ0v) is 14.7. The molecule has 1 aromatic heterocycles. The van der Waals surface area contributed by atoms with Crippen molar-refractivity contribution >= 4 is 17.5 Å². The first-order valence-corrected chi connectivity index (χ1v) is 8.47. The largest absolute Gasteiger partial charge is 0.424 e. The number of aromatic nitrogens is 2. The summed E-state index contributed by atoms with van der Waals surface area (Å²) in [6, 6.07) is 7.55. The van der Waals surface area contributed by atoms with E-state index < -0.39 is 0 Å². The van der Waals surface area contributed by atoms with Gasteiger partial charge in [0.1, 0.15) is 0 Å². The highest BCUT2D eigenvalue weighted by Crippen LogP contribution is 2.21. The van der Waals surface area contributed by atoms with Gasteiger partial charge >= 0.3 is 0 Å². The Hall–Kier alpha value is -1.92. The average Bonchev–Trinajstić information content (AvgIpc) is 3.03. The Bertz CT molecular complexity index is 710. The van der Waals surface area contributed by atoms with E-state index in [1.54, 1.807) is 6.92 Å². The standard InChI is InChI=1S/C17H21ClN4O2/c1-12(17-20-19-13(2)24-17)21-7-9-22(10-8-21)16(23)11-14-5-3-4-6-15(14)18/h3-6,12H,7-11H2,1-2H3/t12-/m0/s1. The Balaban J connectivity index is 1.55. The molecule has 1 fully saturated rings. The van der Waals surface area contributed by atoms with Gasteiger partial charge in [0.05, 0.1) is 12.5 Å². The summed E-state index contributed by atoms with van der Waals surface area (Å²) in [6.45, 7) is 6.80. The molecule has 0 radical (unpaired) electrons. The van der Waals surface area contributed by atoms with Crippen LogP contribution < -0.4 is 0 Å². The average molecular weight is 349 g/mol. The van der Waals surface area contributed by atoms with E-state index in [0.29, 0.717) is 36.3 Å². The van der Waals surface area contributed by atoms with E-state index in [0.717, 1.165) is 18.7 Å². The Morgan fingerprint density at radius 3 is 2.58 bits per heavy atom. The number of piperazine rings is 1. The maximum Gasteiger partial charge on any atom is 0.233 e. The molecule has 0 aliphatic carbocycles. The Kier molecular flexibility index (Phi) is 5.16. The van der Waals surface area contributed by atoms with Gasteiger partial charge in [0.2, 0.25) is 17.7 Å². The molecule has 0 saturated carbocycles. The van der Waals surface area contributed by atoms with Crippen LogP contribution in [-0.2, 0) is 11.2 Å². The summed E-state index contributed by atoms with van der Waals surface area (Å²) < 4.78 is 5.51. The van der Waals surface area contributed by atoms with Crippen LogP contribution in [-0.4, -0.2) is 52.1 Å². The van der Waals surface area contributed by atoms with Crippen molar-refractivity contribution in [3.05, 3.63) is 46.6 Å². The van der Waals surface area contributed by atoms with Crippen LogP contribution in [0.3, 0.4) is 0 Å². The number of amides is 1. The highest BCUT2D eigenvalue weighted by atomic mass is 35.5. The van der Waals surface area contributed by atoms with E-state index in [4.69, 9.17) is 16.0 Å². The van der Waals surface area contributed by atoms with Crippen LogP contribution in [0.15, 0.2) is 28.7 Å². The van der Waals surface area contributed by atoms with E-state index in [1.165, 1.54) is 0 Å². The predicted octanol–water partition coefficient (Wildman–Crippen LogP) is 2.48. The van der Waals surface area contributed by atoms with Gasteiger partial charge in [-0.3, -0.25) is 9.69 Å². The molecule has 2 aromatic rings. The number of halogens is 1. The lowest BCUT2D eigenvalue weighted by Crippen LogP contribution is -2.49. The van der Waals surface area contributed by atoms with Gasteiger partial charge in [0.15, 0.2) is 0 Å². The van der Waals surface area contributed by atoms with Crippen molar-refractivity contribution in [1.29, 1.82) is 0 Å². The Morgan fingerprint density at radius 1 is 1.25 bits per heavy atom. The van der Waals surface area contributed by atoms with Gasteiger partial charge in [-0.25, -0.2) is 0 Å². The van der Waals surface area contributed by atoms with E-state index in [9.17, 15) is 4.79 Å². The molecular formula is C17H21ClN4O2. The van der Waals surface area contributed by atoms with E-state index in [1.807, 2.05) is 36.1 Å². The van der Waals surface area contributed by atoms with E-state index in [2.05, 4.69) is 15.1 Å². The number of rotatable bonds is 4. The summed E-state index contributed by atoms with van der Waals surface area (Å²) in [4.78, 5) is 16.6. The molecule has 1 amide bonds. The topological polar surface area (TPSA) is 62.5 Å². The second kappa shape index (κ2) is 7.32. The molecule has 0 unspecified atom stereocenters. The molecule has 1 atom stereocenters. The minimum atomic E-state index is 0.0621. The normalized spacial score (nSPS) is 17.0. The number of hydrogen-bond donors (Lipinski definition) is 0. The quantitative estimate of drug-likeness (QED) is 0.849. The number of carbonyl (C=O) groups is 1. The predicted molar refractivity (Wildman–Crippen MR) is 90.8 cm³/mol. The van der Waals surface area contributed by atoms with E-state index >= 15 is 0 Å². The fraction of sp³-hybridized carbons (Fsp3) is 0.471. The monoisotopic (exact) mass is 348 g/mol. The molecule has 128 valence electrons. The molecule has 2 heterocycles. The van der Waals surface area contributed by atoms with Crippen molar-refractivity contribution < 1.29 is 9.21 Å². The van der Waals surface area contributed by atoms with Crippen LogP contribution in [0.2, 0.25) is 5.02 Å². The van der Waals surface area contributed by atoms with Gasteiger partial charge in [-0.05, 0) is 18.6 Å². The molecule has 6 nitrogen and oxygen atoms in total. The van der Waals surface area contributed by atoms with E-state index in [-0.39, 0.29) is 11.9 Å². The summed E-state index contributed by atoms with van der Waals surface area (Å²) in [5.74, 6) is 1.32. The van der Waals surface area contributed by atoms with Gasteiger partial charge in [-0.2, -0.15) is 0 Å². The van der Waals surface area contributed by atoms with Crippen molar-refractivity contribution in [2.45, 2.75) is 26.3 Å². The van der Waals surface area contributed by atoms with Gasteiger partial charge < -0.3 is 9.32 Å². The summed E-state index contributed by atoms with van der Waals surface area (Å²) >= 11 is 6.14. The molecule has 7 heteroatoms. The number of hydrogen-bond acceptors (Lipinski definition) is 5. The Labute approximate surface area is 146 Å². The third-order valence-corrected chi connectivity index (χ3v) is 4.78. The van der Waals surface area contributed by atoms with Crippen LogP contribution in [0.25, 0.3) is 0 Å². The van der Waals surface area contributed by atoms with Gasteiger partial charge in [-0.1, -0.05) is 29.8 Å². The van der Waals surface area contributed by atoms with Crippen molar-refractivity contribution in [2.75, 3.05) is 26.2 Å². The summed E-state index contributed by atoms with van der Waals surface area (Å²) in [5, 5.41) is 8.61. The minimum Gasteiger partial charge on any atom is -0.424 e. The zero-order chi connectivity index (χ0) is 17.1. The number of carbonyl (C=O) groups excluding carboxylic acids is 1. The van der Waals surface area contributed by atoms with Gasteiger partial charge in [0, 0.05) is 38.1 Å². The highest BCUT2D eigenvalue weighted by Gasteiger charge is 2.27. The molecule has 1 saturated heterocycles. The number of aryl methyl sites for hydroxylation is 1. The lowest BCUT2D eigenvalue weighted by Gasteiger charge is -2.37. The third-order valence-electron chi connectivity index (χ3n) is 4.41.